The summed E-state index contributed by atoms with van der Waals surface area (Å²) in [5.41, 5.74) is 0.327. The molecule has 0 fully saturated rings. The molecule has 1 aromatic carbocycles. The highest BCUT2D eigenvalue weighted by atomic mass is 19.4. The van der Waals surface area contributed by atoms with Gasteiger partial charge in [0.2, 0.25) is 0 Å². The molecule has 0 bridgehead atoms. The van der Waals surface area contributed by atoms with E-state index in [4.69, 9.17) is 4.74 Å². The van der Waals surface area contributed by atoms with Crippen molar-refractivity contribution in [2.24, 2.45) is 0 Å². The number of halogens is 3. The van der Waals surface area contributed by atoms with E-state index in [0.29, 0.717) is 12.2 Å². The highest BCUT2D eigenvalue weighted by Crippen LogP contribution is 2.25. The number of aliphatic hydroxyl groups is 1. The summed E-state index contributed by atoms with van der Waals surface area (Å²) in [7, 11) is 0. The van der Waals surface area contributed by atoms with Gasteiger partial charge in [-0.2, -0.15) is 0 Å². The first-order valence-corrected chi connectivity index (χ1v) is 5.54. The molecule has 1 N–H and O–H groups in total. The molecule has 0 saturated heterocycles. The molecule has 0 aliphatic heterocycles. The quantitative estimate of drug-likeness (QED) is 0.802. The van der Waals surface area contributed by atoms with E-state index in [9.17, 15) is 18.3 Å². The van der Waals surface area contributed by atoms with Crippen LogP contribution in [0.5, 0.6) is 5.75 Å². The number of ether oxygens (including phenoxy) is 2. The molecule has 0 heterocycles. The van der Waals surface area contributed by atoms with Gasteiger partial charge in [0.05, 0.1) is 6.61 Å². The van der Waals surface area contributed by atoms with Crippen molar-refractivity contribution in [1.29, 1.82) is 0 Å². The fourth-order valence-corrected chi connectivity index (χ4v) is 1.35. The molecule has 0 amide bonds. The fourth-order valence-electron chi connectivity index (χ4n) is 1.35. The fraction of sp³-hybridized carbons (Fsp3) is 0.500. The van der Waals surface area contributed by atoms with Crippen molar-refractivity contribution in [3.05, 3.63) is 29.8 Å². The second-order valence-corrected chi connectivity index (χ2v) is 3.71. The van der Waals surface area contributed by atoms with Gasteiger partial charge in [0.25, 0.3) is 0 Å². The molecule has 1 unspecified atom stereocenters. The van der Waals surface area contributed by atoms with Gasteiger partial charge in [-0.1, -0.05) is 19.1 Å². The third kappa shape index (κ3) is 5.37. The Labute approximate surface area is 103 Å². The van der Waals surface area contributed by atoms with E-state index in [1.54, 1.807) is 0 Å². The molecule has 1 atom stereocenters. The lowest BCUT2D eigenvalue weighted by Crippen LogP contribution is -2.17. The second-order valence-electron chi connectivity index (χ2n) is 3.71. The van der Waals surface area contributed by atoms with Crippen LogP contribution in [-0.2, 0) is 4.74 Å². The summed E-state index contributed by atoms with van der Waals surface area (Å²) < 4.78 is 44.9. The molecule has 1 rings (SSSR count). The highest BCUT2D eigenvalue weighted by molar-refractivity contribution is 5.30. The van der Waals surface area contributed by atoms with Gasteiger partial charge in [0, 0.05) is 6.61 Å². The summed E-state index contributed by atoms with van der Waals surface area (Å²) in [6.45, 7) is 2.46. The molecule has 0 saturated carbocycles. The van der Waals surface area contributed by atoms with Crippen molar-refractivity contribution in [3.8, 4) is 5.75 Å². The Balaban J connectivity index is 2.63. The summed E-state index contributed by atoms with van der Waals surface area (Å²) in [4.78, 5) is 0. The van der Waals surface area contributed by atoms with Crippen molar-refractivity contribution in [3.63, 3.8) is 0 Å². The molecule has 18 heavy (non-hydrogen) atoms. The lowest BCUT2D eigenvalue weighted by molar-refractivity contribution is -0.274. The predicted octanol–water partition coefficient (Wildman–Crippen LogP) is 3.05. The average Bonchev–Trinajstić information content (AvgIpc) is 2.27. The topological polar surface area (TPSA) is 38.7 Å². The predicted molar refractivity (Wildman–Crippen MR) is 59.2 cm³/mol. The largest absolute Gasteiger partial charge is 0.573 e. The smallest absolute Gasteiger partial charge is 0.406 e. The summed E-state index contributed by atoms with van der Waals surface area (Å²) in [6.07, 6.45) is -4.89. The Morgan fingerprint density at radius 3 is 2.67 bits per heavy atom. The normalized spacial score (nSPS) is 13.4. The molecule has 3 nitrogen and oxygen atoms in total. The van der Waals surface area contributed by atoms with Gasteiger partial charge in [-0.3, -0.25) is 0 Å². The Bertz CT molecular complexity index is 366. The monoisotopic (exact) mass is 264 g/mol. The van der Waals surface area contributed by atoms with Crippen molar-refractivity contribution >= 4 is 0 Å². The summed E-state index contributed by atoms with van der Waals surface area (Å²) >= 11 is 0. The van der Waals surface area contributed by atoms with E-state index in [2.05, 4.69) is 4.74 Å². The first kappa shape index (κ1) is 14.8. The zero-order valence-corrected chi connectivity index (χ0v) is 9.91. The minimum Gasteiger partial charge on any atom is -0.406 e. The van der Waals surface area contributed by atoms with E-state index in [1.807, 2.05) is 6.92 Å². The van der Waals surface area contributed by atoms with E-state index >= 15 is 0 Å². The van der Waals surface area contributed by atoms with Crippen molar-refractivity contribution < 1.29 is 27.8 Å². The molecular weight excluding hydrogens is 249 g/mol. The van der Waals surface area contributed by atoms with E-state index < -0.39 is 12.5 Å². The molecule has 0 aliphatic rings. The van der Waals surface area contributed by atoms with Crippen LogP contribution in [0.4, 0.5) is 13.2 Å². The summed E-state index contributed by atoms with van der Waals surface area (Å²) in [5, 5.41) is 9.71. The third-order valence-electron chi connectivity index (χ3n) is 2.10. The van der Waals surface area contributed by atoms with Gasteiger partial charge in [-0.05, 0) is 24.1 Å². The van der Waals surface area contributed by atoms with Gasteiger partial charge in [0.15, 0.2) is 0 Å². The maximum absolute atomic E-state index is 12.0. The Kier molecular flexibility index (Phi) is 5.43. The van der Waals surface area contributed by atoms with Crippen LogP contribution in [0.2, 0.25) is 0 Å². The van der Waals surface area contributed by atoms with E-state index in [0.717, 1.165) is 12.5 Å². The van der Waals surface area contributed by atoms with Gasteiger partial charge < -0.3 is 14.6 Å². The molecular formula is C12H15F3O3. The van der Waals surface area contributed by atoms with Crippen LogP contribution in [0.1, 0.15) is 25.0 Å². The molecule has 0 radical (unpaired) electrons. The average molecular weight is 264 g/mol. The highest BCUT2D eigenvalue weighted by Gasteiger charge is 2.31. The van der Waals surface area contributed by atoms with Crippen LogP contribution in [0, 0.1) is 0 Å². The SMILES string of the molecule is CCCOCC(O)c1cccc(OC(F)(F)F)c1. The van der Waals surface area contributed by atoms with Crippen LogP contribution in [0.25, 0.3) is 0 Å². The number of rotatable bonds is 6. The zero-order chi connectivity index (χ0) is 13.6. The first-order chi connectivity index (χ1) is 8.42. The van der Waals surface area contributed by atoms with Crippen LogP contribution in [0.3, 0.4) is 0 Å². The molecule has 0 spiro atoms. The lowest BCUT2D eigenvalue weighted by Gasteiger charge is -2.14. The minimum atomic E-state index is -4.73. The Hall–Kier alpha value is -1.27. The minimum absolute atomic E-state index is 0.0450. The number of hydrogen-bond acceptors (Lipinski definition) is 3. The van der Waals surface area contributed by atoms with Crippen LogP contribution < -0.4 is 4.74 Å². The number of aliphatic hydroxyl groups excluding tert-OH is 1. The Morgan fingerprint density at radius 1 is 1.33 bits per heavy atom. The van der Waals surface area contributed by atoms with Crippen LogP contribution in [-0.4, -0.2) is 24.7 Å². The van der Waals surface area contributed by atoms with E-state index in [-0.39, 0.29) is 12.4 Å². The Morgan fingerprint density at radius 2 is 2.06 bits per heavy atom. The van der Waals surface area contributed by atoms with Gasteiger partial charge >= 0.3 is 6.36 Å². The molecule has 1 aromatic rings. The maximum Gasteiger partial charge on any atom is 0.573 e. The summed E-state index contributed by atoms with van der Waals surface area (Å²) in [6, 6.07) is 5.23. The standard InChI is InChI=1S/C12H15F3O3/c1-2-6-17-8-11(16)9-4-3-5-10(7-9)18-12(13,14)15/h3-5,7,11,16H,2,6,8H2,1H3. The van der Waals surface area contributed by atoms with Gasteiger partial charge in [-0.15, -0.1) is 13.2 Å². The maximum atomic E-state index is 12.0. The first-order valence-electron chi connectivity index (χ1n) is 5.54. The van der Waals surface area contributed by atoms with Gasteiger partial charge in [-0.25, -0.2) is 0 Å². The lowest BCUT2D eigenvalue weighted by atomic mass is 10.1. The number of benzene rings is 1. The van der Waals surface area contributed by atoms with Crippen molar-refractivity contribution in [2.45, 2.75) is 25.8 Å². The molecule has 102 valence electrons. The van der Waals surface area contributed by atoms with Crippen molar-refractivity contribution in [1.82, 2.24) is 0 Å². The van der Waals surface area contributed by atoms with Crippen LogP contribution in [0.15, 0.2) is 24.3 Å². The molecule has 0 aromatic heterocycles. The van der Waals surface area contributed by atoms with Crippen LogP contribution >= 0.6 is 0 Å². The number of hydrogen-bond donors (Lipinski definition) is 1. The molecule has 0 aliphatic carbocycles. The molecule has 6 heteroatoms. The zero-order valence-electron chi connectivity index (χ0n) is 9.91. The van der Waals surface area contributed by atoms with E-state index in [1.165, 1.54) is 18.2 Å². The van der Waals surface area contributed by atoms with Gasteiger partial charge in [0.1, 0.15) is 11.9 Å². The third-order valence-corrected chi connectivity index (χ3v) is 2.10. The van der Waals surface area contributed by atoms with Crippen molar-refractivity contribution in [2.75, 3.05) is 13.2 Å². The number of alkyl halides is 3. The summed E-state index contributed by atoms with van der Waals surface area (Å²) in [5.74, 6) is -0.352. The second kappa shape index (κ2) is 6.61.